The van der Waals surface area contributed by atoms with Gasteiger partial charge in [0.15, 0.2) is 0 Å². The maximum absolute atomic E-state index is 5.58. The van der Waals surface area contributed by atoms with E-state index in [-0.39, 0.29) is 0 Å². The Balaban J connectivity index is 2.43. The number of ether oxygens (including phenoxy) is 1. The van der Waals surface area contributed by atoms with Gasteiger partial charge in [-0.2, -0.15) is 0 Å². The smallest absolute Gasteiger partial charge is 0.0482 e. The predicted molar refractivity (Wildman–Crippen MR) is 73.4 cm³/mol. The van der Waals surface area contributed by atoms with Crippen molar-refractivity contribution in [2.75, 3.05) is 37.7 Å². The van der Waals surface area contributed by atoms with Gasteiger partial charge in [-0.25, -0.2) is 0 Å². The standard InChI is InChI=1S/C14H24N2O/c1-2-17-13-7-12-16(11-6-10-15)14-8-4-3-5-9-14/h3-5,8-9H,2,6-7,10-13,15H2,1H3. The lowest BCUT2D eigenvalue weighted by atomic mass is 10.2. The van der Waals surface area contributed by atoms with Crippen LogP contribution in [-0.2, 0) is 4.74 Å². The highest BCUT2D eigenvalue weighted by molar-refractivity contribution is 5.45. The van der Waals surface area contributed by atoms with Gasteiger partial charge in [0.1, 0.15) is 0 Å². The summed E-state index contributed by atoms with van der Waals surface area (Å²) in [5.41, 5.74) is 6.86. The van der Waals surface area contributed by atoms with Crippen molar-refractivity contribution in [3.05, 3.63) is 30.3 Å². The first-order valence-corrected chi connectivity index (χ1v) is 6.46. The van der Waals surface area contributed by atoms with Crippen LogP contribution < -0.4 is 10.6 Å². The molecule has 1 rings (SSSR count). The van der Waals surface area contributed by atoms with Crippen molar-refractivity contribution < 1.29 is 4.74 Å². The van der Waals surface area contributed by atoms with Crippen molar-refractivity contribution in [2.45, 2.75) is 19.8 Å². The number of hydrogen-bond acceptors (Lipinski definition) is 3. The highest BCUT2D eigenvalue weighted by Gasteiger charge is 2.04. The largest absolute Gasteiger partial charge is 0.382 e. The summed E-state index contributed by atoms with van der Waals surface area (Å²) in [6.07, 6.45) is 2.09. The molecule has 0 atom stereocenters. The Kier molecular flexibility index (Phi) is 7.43. The molecule has 0 spiro atoms. The van der Waals surface area contributed by atoms with Gasteiger partial charge < -0.3 is 15.4 Å². The molecule has 0 saturated heterocycles. The highest BCUT2D eigenvalue weighted by Crippen LogP contribution is 2.13. The number of nitrogens with zero attached hydrogens (tertiary/aromatic N) is 1. The molecular formula is C14H24N2O. The SMILES string of the molecule is CCOCCCN(CCCN)c1ccccc1. The van der Waals surface area contributed by atoms with Gasteiger partial charge in [-0.05, 0) is 38.4 Å². The summed E-state index contributed by atoms with van der Waals surface area (Å²) in [6.45, 7) is 6.46. The third kappa shape index (κ3) is 5.71. The van der Waals surface area contributed by atoms with Crippen LogP contribution in [0, 0.1) is 0 Å². The van der Waals surface area contributed by atoms with E-state index in [1.807, 2.05) is 13.0 Å². The molecule has 96 valence electrons. The van der Waals surface area contributed by atoms with Crippen molar-refractivity contribution in [2.24, 2.45) is 5.73 Å². The monoisotopic (exact) mass is 236 g/mol. The van der Waals surface area contributed by atoms with Crippen LogP contribution in [0.15, 0.2) is 30.3 Å². The molecule has 0 aliphatic rings. The van der Waals surface area contributed by atoms with Gasteiger partial charge in [-0.3, -0.25) is 0 Å². The third-order valence-electron chi connectivity index (χ3n) is 2.67. The van der Waals surface area contributed by atoms with Gasteiger partial charge >= 0.3 is 0 Å². The second-order valence-electron chi connectivity index (χ2n) is 4.02. The van der Waals surface area contributed by atoms with E-state index in [1.54, 1.807) is 0 Å². The molecule has 3 heteroatoms. The van der Waals surface area contributed by atoms with Crippen LogP contribution in [0.2, 0.25) is 0 Å². The van der Waals surface area contributed by atoms with Gasteiger partial charge in [0.2, 0.25) is 0 Å². The molecule has 0 heterocycles. The fourth-order valence-electron chi connectivity index (χ4n) is 1.79. The molecule has 0 aliphatic carbocycles. The van der Waals surface area contributed by atoms with Crippen LogP contribution in [0.3, 0.4) is 0 Å². The highest BCUT2D eigenvalue weighted by atomic mass is 16.5. The van der Waals surface area contributed by atoms with Crippen LogP contribution in [-0.4, -0.2) is 32.8 Å². The van der Waals surface area contributed by atoms with Gasteiger partial charge in [-0.1, -0.05) is 18.2 Å². The molecule has 3 nitrogen and oxygen atoms in total. The normalized spacial score (nSPS) is 10.5. The van der Waals surface area contributed by atoms with E-state index >= 15 is 0 Å². The summed E-state index contributed by atoms with van der Waals surface area (Å²) in [5, 5.41) is 0. The summed E-state index contributed by atoms with van der Waals surface area (Å²) in [6, 6.07) is 10.5. The van der Waals surface area contributed by atoms with E-state index in [4.69, 9.17) is 10.5 Å². The first-order chi connectivity index (χ1) is 8.38. The molecule has 0 aliphatic heterocycles. The minimum atomic E-state index is 0.745. The molecule has 0 aromatic heterocycles. The van der Waals surface area contributed by atoms with Gasteiger partial charge in [0.25, 0.3) is 0 Å². The van der Waals surface area contributed by atoms with Crippen LogP contribution in [0.5, 0.6) is 0 Å². The fraction of sp³-hybridized carbons (Fsp3) is 0.571. The van der Waals surface area contributed by atoms with Crippen LogP contribution in [0.4, 0.5) is 5.69 Å². The first kappa shape index (κ1) is 14.0. The van der Waals surface area contributed by atoms with Crippen LogP contribution in [0.25, 0.3) is 0 Å². The lowest BCUT2D eigenvalue weighted by Gasteiger charge is -2.24. The van der Waals surface area contributed by atoms with Crippen molar-refractivity contribution in [3.8, 4) is 0 Å². The molecule has 0 radical (unpaired) electrons. The van der Waals surface area contributed by atoms with E-state index in [2.05, 4.69) is 29.2 Å². The molecule has 1 aromatic rings. The van der Waals surface area contributed by atoms with Crippen LogP contribution in [0.1, 0.15) is 19.8 Å². The fourth-order valence-corrected chi connectivity index (χ4v) is 1.79. The van der Waals surface area contributed by atoms with Crippen molar-refractivity contribution in [1.29, 1.82) is 0 Å². The molecule has 1 aromatic carbocycles. The zero-order valence-corrected chi connectivity index (χ0v) is 10.8. The molecule has 0 unspecified atom stereocenters. The average molecular weight is 236 g/mol. The number of nitrogens with two attached hydrogens (primary N) is 1. The predicted octanol–water partition coefficient (Wildman–Crippen LogP) is 2.27. The molecule has 17 heavy (non-hydrogen) atoms. The van der Waals surface area contributed by atoms with E-state index in [1.165, 1.54) is 5.69 Å². The number of rotatable bonds is 9. The third-order valence-corrected chi connectivity index (χ3v) is 2.67. The van der Waals surface area contributed by atoms with Crippen molar-refractivity contribution in [3.63, 3.8) is 0 Å². The first-order valence-electron chi connectivity index (χ1n) is 6.46. The Hall–Kier alpha value is -1.06. The zero-order chi connectivity index (χ0) is 12.3. The summed E-state index contributed by atoms with van der Waals surface area (Å²) >= 11 is 0. The van der Waals surface area contributed by atoms with Gasteiger partial charge in [-0.15, -0.1) is 0 Å². The van der Waals surface area contributed by atoms with Gasteiger partial charge in [0.05, 0.1) is 0 Å². The number of anilines is 1. The maximum Gasteiger partial charge on any atom is 0.0482 e. The Bertz CT molecular complexity index is 277. The lowest BCUT2D eigenvalue weighted by Crippen LogP contribution is -2.27. The average Bonchev–Trinajstić information content (AvgIpc) is 2.39. The second-order valence-corrected chi connectivity index (χ2v) is 4.02. The van der Waals surface area contributed by atoms with Crippen LogP contribution >= 0.6 is 0 Å². The molecule has 0 saturated carbocycles. The maximum atomic E-state index is 5.58. The minimum absolute atomic E-state index is 0.745. The topological polar surface area (TPSA) is 38.5 Å². The molecular weight excluding hydrogens is 212 g/mol. The number of hydrogen-bond donors (Lipinski definition) is 1. The van der Waals surface area contributed by atoms with Gasteiger partial charge in [0, 0.05) is 32.0 Å². The van der Waals surface area contributed by atoms with Crippen molar-refractivity contribution in [1.82, 2.24) is 0 Å². The van der Waals surface area contributed by atoms with E-state index in [0.717, 1.165) is 45.7 Å². The molecule has 2 N–H and O–H groups in total. The van der Waals surface area contributed by atoms with E-state index in [9.17, 15) is 0 Å². The summed E-state index contributed by atoms with van der Waals surface area (Å²) in [5.74, 6) is 0. The van der Waals surface area contributed by atoms with E-state index in [0.29, 0.717) is 0 Å². The van der Waals surface area contributed by atoms with E-state index < -0.39 is 0 Å². The summed E-state index contributed by atoms with van der Waals surface area (Å²) < 4.78 is 5.37. The number of benzene rings is 1. The number of para-hydroxylation sites is 1. The Morgan fingerprint density at radius 2 is 1.82 bits per heavy atom. The Labute approximate surface area is 105 Å². The summed E-state index contributed by atoms with van der Waals surface area (Å²) in [7, 11) is 0. The molecule has 0 fully saturated rings. The Morgan fingerprint density at radius 1 is 1.12 bits per heavy atom. The lowest BCUT2D eigenvalue weighted by molar-refractivity contribution is 0.146. The quantitative estimate of drug-likeness (QED) is 0.668. The zero-order valence-electron chi connectivity index (χ0n) is 10.8. The second kappa shape index (κ2) is 9.02. The summed E-state index contributed by atoms with van der Waals surface area (Å²) in [4.78, 5) is 2.38. The minimum Gasteiger partial charge on any atom is -0.382 e. The Morgan fingerprint density at radius 3 is 2.47 bits per heavy atom. The molecule has 0 amide bonds. The van der Waals surface area contributed by atoms with Crippen molar-refractivity contribution >= 4 is 5.69 Å². The molecule has 0 bridgehead atoms.